The summed E-state index contributed by atoms with van der Waals surface area (Å²) in [7, 11) is 9.46. The summed E-state index contributed by atoms with van der Waals surface area (Å²) in [5.41, 5.74) is -2.89. The third kappa shape index (κ3) is 9.51. The van der Waals surface area contributed by atoms with E-state index in [9.17, 15) is 19.5 Å². The lowest BCUT2D eigenvalue weighted by molar-refractivity contribution is -0.295. The van der Waals surface area contributed by atoms with Crippen LogP contribution in [-0.2, 0) is 38.1 Å². The lowest BCUT2D eigenvalue weighted by atomic mass is 9.74. The van der Waals surface area contributed by atoms with Gasteiger partial charge >= 0.3 is 5.97 Å². The minimum atomic E-state index is -1.47. The molecule has 0 radical (unpaired) electrons. The Balaban J connectivity index is 1.58. The highest BCUT2D eigenvalue weighted by Crippen LogP contribution is 2.41. The van der Waals surface area contributed by atoms with Crippen LogP contribution in [-0.4, -0.2) is 171 Å². The van der Waals surface area contributed by atoms with Crippen LogP contribution in [0.25, 0.3) is 0 Å². The fourth-order valence-electron chi connectivity index (χ4n) is 8.94. The first kappa shape index (κ1) is 42.0. The van der Waals surface area contributed by atoms with Gasteiger partial charge in [0.15, 0.2) is 12.1 Å². The molecule has 4 fully saturated rings. The number of hydrogen-bond donors (Lipinski definition) is 1. The molecule has 0 aromatic heterocycles. The zero-order valence-electron chi connectivity index (χ0n) is 33.3. The van der Waals surface area contributed by atoms with E-state index in [0.29, 0.717) is 39.1 Å². The Morgan fingerprint density at radius 1 is 1.04 bits per heavy atom. The largest absolute Gasteiger partial charge is 0.463 e. The second-order valence-electron chi connectivity index (χ2n) is 17.0. The van der Waals surface area contributed by atoms with Gasteiger partial charge in [0.25, 0.3) is 0 Å². The minimum Gasteiger partial charge on any atom is -0.463 e. The molecule has 13 nitrogen and oxygen atoms in total. The number of ether oxygens (including phenoxy) is 5. The second kappa shape index (κ2) is 17.2. The van der Waals surface area contributed by atoms with E-state index in [4.69, 9.17) is 23.7 Å². The Bertz CT molecular complexity index is 1190. The van der Waals surface area contributed by atoms with E-state index >= 15 is 0 Å². The Morgan fingerprint density at radius 2 is 1.67 bits per heavy atom. The third-order valence-corrected chi connectivity index (χ3v) is 12.5. The molecule has 8 atom stereocenters. The molecule has 1 N–H and O–H groups in total. The molecular weight excluding hydrogens is 656 g/mol. The summed E-state index contributed by atoms with van der Waals surface area (Å²) in [5, 5.41) is 11.4. The van der Waals surface area contributed by atoms with Crippen LogP contribution in [0.2, 0.25) is 0 Å². The number of Topliss-reactive ketones (excluding diaryl/α,β-unsaturated/α-hetero) is 1. The molecule has 0 unspecified atom stereocenters. The molecule has 0 aromatic carbocycles. The Labute approximate surface area is 306 Å². The Hall–Kier alpha value is -1.71. The SMILES string of the molecule is CO[C@]1(C)C[C@@H](C)CN(C)C2(CCC(N(C)C(=O)CN3CCOCC3)CC2)COC(=O)C(C)(C)C(=O)[C@H](C)[C@H]1O[C@@H]1O[C@H](C)C[C@H](N(C)C)[C@H]1O. The van der Waals surface area contributed by atoms with E-state index in [0.717, 1.165) is 38.8 Å². The maximum absolute atomic E-state index is 14.4. The van der Waals surface area contributed by atoms with Crippen LogP contribution >= 0.6 is 0 Å². The standard InChI is InChI=1S/C38H68N4O9/c1-25-21-37(6,47-11)33(51-34-31(44)29(39(7)8)20-26(2)50-34)27(3)32(45)36(4,5)35(46)49-24-38(40(9)22-25)14-12-28(13-15-38)41(10)30(43)23-42-16-18-48-19-17-42/h25-29,31,33-34,44H,12-24H2,1-11H3/t25-,26-,27+,28?,29+,31-,33-,34+,37-,38?/m1/s1. The summed E-state index contributed by atoms with van der Waals surface area (Å²) in [6.07, 6.45) is 1.29. The van der Waals surface area contributed by atoms with Crippen LogP contribution in [0.1, 0.15) is 80.1 Å². The number of cyclic esters (lactones) is 1. The molecule has 3 heterocycles. The first-order chi connectivity index (χ1) is 23.8. The van der Waals surface area contributed by atoms with E-state index in [1.807, 2.05) is 44.8 Å². The van der Waals surface area contributed by atoms with E-state index in [1.54, 1.807) is 27.9 Å². The number of aliphatic hydroxyl groups is 1. The number of ketones is 1. The first-order valence-corrected chi connectivity index (χ1v) is 19.0. The number of nitrogens with zero attached hydrogens (tertiary/aromatic N) is 4. The first-order valence-electron chi connectivity index (χ1n) is 19.0. The van der Waals surface area contributed by atoms with Crippen LogP contribution in [0.15, 0.2) is 0 Å². The number of amides is 1. The fraction of sp³-hybridized carbons (Fsp3) is 0.921. The molecule has 13 heteroatoms. The number of likely N-dealkylation sites (N-methyl/N-ethyl adjacent to an activating group) is 3. The summed E-state index contributed by atoms with van der Waals surface area (Å²) < 4.78 is 30.7. The maximum atomic E-state index is 14.4. The highest BCUT2D eigenvalue weighted by atomic mass is 16.7. The summed E-state index contributed by atoms with van der Waals surface area (Å²) in [5.74, 6) is -1.47. The number of aliphatic hydroxyl groups excluding tert-OH is 1. The van der Waals surface area contributed by atoms with Crippen molar-refractivity contribution in [3.8, 4) is 0 Å². The lowest BCUT2D eigenvalue weighted by Gasteiger charge is -2.49. The highest BCUT2D eigenvalue weighted by molar-refractivity contribution is 6.04. The Morgan fingerprint density at radius 3 is 2.25 bits per heavy atom. The van der Waals surface area contributed by atoms with Gasteiger partial charge in [-0.1, -0.05) is 13.8 Å². The molecule has 0 aromatic rings. The Kier molecular flexibility index (Phi) is 14.2. The number of carbonyl (C=O) groups excluding carboxylic acids is 3. The van der Waals surface area contributed by atoms with Crippen molar-refractivity contribution in [3.63, 3.8) is 0 Å². The predicted octanol–water partition coefficient (Wildman–Crippen LogP) is 2.42. The van der Waals surface area contributed by atoms with Gasteiger partial charge in [0.05, 0.1) is 43.1 Å². The summed E-state index contributed by atoms with van der Waals surface area (Å²) >= 11 is 0. The van der Waals surface area contributed by atoms with E-state index in [-0.39, 0.29) is 42.4 Å². The molecule has 1 aliphatic carbocycles. The molecule has 3 aliphatic heterocycles. The van der Waals surface area contributed by atoms with Gasteiger partial charge in [-0.3, -0.25) is 24.2 Å². The van der Waals surface area contributed by atoms with Crippen LogP contribution in [0.3, 0.4) is 0 Å². The molecule has 3 saturated heterocycles. The van der Waals surface area contributed by atoms with Crippen molar-refractivity contribution in [2.24, 2.45) is 17.3 Å². The van der Waals surface area contributed by atoms with Crippen molar-refractivity contribution in [2.75, 3.05) is 81.3 Å². The average Bonchev–Trinajstić information content (AvgIpc) is 3.09. The normalized spacial score (nSPS) is 39.5. The van der Waals surface area contributed by atoms with Crippen molar-refractivity contribution >= 4 is 17.7 Å². The van der Waals surface area contributed by atoms with Crippen molar-refractivity contribution in [2.45, 2.75) is 128 Å². The van der Waals surface area contributed by atoms with Gasteiger partial charge in [-0.05, 0) is 93.3 Å². The number of carbonyl (C=O) groups is 3. The molecule has 1 spiro atoms. The van der Waals surface area contributed by atoms with Gasteiger partial charge in [0.2, 0.25) is 5.91 Å². The second-order valence-corrected chi connectivity index (χ2v) is 17.0. The van der Waals surface area contributed by atoms with E-state index < -0.39 is 46.9 Å². The average molecular weight is 725 g/mol. The number of hydrogen-bond acceptors (Lipinski definition) is 12. The zero-order chi connectivity index (χ0) is 37.9. The predicted molar refractivity (Wildman–Crippen MR) is 193 cm³/mol. The van der Waals surface area contributed by atoms with Gasteiger partial charge in [0, 0.05) is 51.8 Å². The van der Waals surface area contributed by atoms with Crippen molar-refractivity contribution in [3.05, 3.63) is 0 Å². The quantitative estimate of drug-likeness (QED) is 0.306. The molecule has 1 amide bonds. The number of morpholine rings is 1. The molecule has 1 saturated carbocycles. The summed E-state index contributed by atoms with van der Waals surface area (Å²) in [6, 6.07) is -0.0998. The zero-order valence-corrected chi connectivity index (χ0v) is 33.3. The molecule has 0 bridgehead atoms. The van der Waals surface area contributed by atoms with Gasteiger partial charge in [0.1, 0.15) is 18.1 Å². The third-order valence-electron chi connectivity index (χ3n) is 12.5. The van der Waals surface area contributed by atoms with Gasteiger partial charge in [-0.2, -0.15) is 0 Å². The smallest absolute Gasteiger partial charge is 0.319 e. The van der Waals surface area contributed by atoms with Gasteiger partial charge in [-0.25, -0.2) is 0 Å². The molecule has 4 aliphatic rings. The van der Waals surface area contributed by atoms with E-state index in [1.165, 1.54) is 0 Å². The number of methoxy groups -OCH3 is 1. The molecular formula is C38H68N4O9. The molecule has 51 heavy (non-hydrogen) atoms. The summed E-state index contributed by atoms with van der Waals surface area (Å²) in [4.78, 5) is 49.9. The lowest BCUT2D eigenvalue weighted by Crippen LogP contribution is -2.59. The monoisotopic (exact) mass is 724 g/mol. The molecule has 294 valence electrons. The highest BCUT2D eigenvalue weighted by Gasteiger charge is 2.52. The van der Waals surface area contributed by atoms with Crippen molar-refractivity contribution < 1.29 is 43.2 Å². The van der Waals surface area contributed by atoms with Crippen LogP contribution in [0, 0.1) is 17.3 Å². The van der Waals surface area contributed by atoms with Gasteiger partial charge in [-0.15, -0.1) is 0 Å². The van der Waals surface area contributed by atoms with Crippen LogP contribution in [0.5, 0.6) is 0 Å². The van der Waals surface area contributed by atoms with Crippen molar-refractivity contribution in [1.29, 1.82) is 0 Å². The topological polar surface area (TPSA) is 131 Å². The number of esters is 1. The summed E-state index contributed by atoms with van der Waals surface area (Å²) in [6.45, 7) is 15.2. The molecule has 4 rings (SSSR count). The van der Waals surface area contributed by atoms with Crippen molar-refractivity contribution in [1.82, 2.24) is 19.6 Å². The van der Waals surface area contributed by atoms with Crippen LogP contribution < -0.4 is 0 Å². The number of rotatable bonds is 7. The van der Waals surface area contributed by atoms with Crippen LogP contribution in [0.4, 0.5) is 0 Å². The van der Waals surface area contributed by atoms with E-state index in [2.05, 4.69) is 23.8 Å². The van der Waals surface area contributed by atoms with Gasteiger partial charge < -0.3 is 38.6 Å². The maximum Gasteiger partial charge on any atom is 0.319 e. The fourth-order valence-corrected chi connectivity index (χ4v) is 8.94. The minimum absolute atomic E-state index is 0.0934.